The van der Waals surface area contributed by atoms with Gasteiger partial charge in [0.25, 0.3) is 0 Å². The van der Waals surface area contributed by atoms with E-state index in [0.29, 0.717) is 54.3 Å². The zero-order chi connectivity index (χ0) is 17.5. The van der Waals surface area contributed by atoms with Gasteiger partial charge in [0.15, 0.2) is 17.2 Å². The maximum absolute atomic E-state index is 12.1. The van der Waals surface area contributed by atoms with Gasteiger partial charge in [0.1, 0.15) is 6.61 Å². The number of para-hydroxylation sites is 2. The first-order chi connectivity index (χ1) is 12.2. The first-order valence-electron chi connectivity index (χ1n) is 8.00. The van der Waals surface area contributed by atoms with Gasteiger partial charge in [-0.25, -0.2) is 0 Å². The minimum Gasteiger partial charge on any atom is -0.487 e. The predicted octanol–water partition coefficient (Wildman–Crippen LogP) is 3.07. The van der Waals surface area contributed by atoms with E-state index in [0.717, 1.165) is 0 Å². The summed E-state index contributed by atoms with van der Waals surface area (Å²) in [4.78, 5) is 12.1. The van der Waals surface area contributed by atoms with Crippen molar-refractivity contribution in [2.45, 2.75) is 0 Å². The highest BCUT2D eigenvalue weighted by atomic mass is 35.5. The smallest absolute Gasteiger partial charge is 0.238 e. The van der Waals surface area contributed by atoms with Crippen LogP contribution in [0.4, 0.5) is 5.69 Å². The molecule has 0 bridgehead atoms. The van der Waals surface area contributed by atoms with E-state index in [2.05, 4.69) is 10.6 Å². The Bertz CT molecular complexity index is 739. The molecule has 0 aliphatic carbocycles. The summed E-state index contributed by atoms with van der Waals surface area (Å²) in [6, 6.07) is 12.4. The Morgan fingerprint density at radius 2 is 1.80 bits per heavy atom. The van der Waals surface area contributed by atoms with Crippen LogP contribution < -0.4 is 20.1 Å². The van der Waals surface area contributed by atoms with Crippen molar-refractivity contribution in [3.63, 3.8) is 0 Å². The monoisotopic (exact) mass is 362 g/mol. The molecule has 1 amide bonds. The summed E-state index contributed by atoms with van der Waals surface area (Å²) in [7, 11) is 0. The van der Waals surface area contributed by atoms with E-state index in [1.807, 2.05) is 18.2 Å². The third-order valence-electron chi connectivity index (χ3n) is 3.48. The number of hydrogen-bond acceptors (Lipinski definition) is 5. The van der Waals surface area contributed by atoms with Crippen LogP contribution in [-0.4, -0.2) is 38.8 Å². The maximum atomic E-state index is 12.1. The Kier molecular flexibility index (Phi) is 6.11. The second kappa shape index (κ2) is 8.71. The standard InChI is InChI=1S/C18H19ClN2O4/c19-13-5-6-15-14(11-13)21-18(22)12-20-7-8-23-9-10-24-16-3-1-2-4-17(16)25-15/h1-6,11,20H,7-10,12H2,(H,21,22). The number of fused-ring (bicyclic) bond motifs is 2. The molecule has 6 nitrogen and oxygen atoms in total. The topological polar surface area (TPSA) is 68.8 Å². The predicted molar refractivity (Wildman–Crippen MR) is 95.8 cm³/mol. The molecule has 0 saturated heterocycles. The molecule has 2 aromatic rings. The van der Waals surface area contributed by atoms with Gasteiger partial charge < -0.3 is 24.8 Å². The van der Waals surface area contributed by atoms with E-state index in [-0.39, 0.29) is 12.5 Å². The number of nitrogens with one attached hydrogen (secondary N) is 2. The molecule has 0 radical (unpaired) electrons. The number of anilines is 1. The molecule has 1 heterocycles. The van der Waals surface area contributed by atoms with Gasteiger partial charge in [0.2, 0.25) is 5.91 Å². The van der Waals surface area contributed by atoms with Gasteiger partial charge in [0, 0.05) is 11.6 Å². The van der Waals surface area contributed by atoms with Crippen molar-refractivity contribution in [2.75, 3.05) is 38.2 Å². The second-order valence-corrected chi connectivity index (χ2v) is 5.81. The Hall–Kier alpha value is -2.28. The molecule has 1 aliphatic heterocycles. The average molecular weight is 363 g/mol. The number of halogens is 1. The van der Waals surface area contributed by atoms with Crippen molar-refractivity contribution in [2.24, 2.45) is 0 Å². The lowest BCUT2D eigenvalue weighted by molar-refractivity contribution is -0.115. The Labute approximate surface area is 151 Å². The summed E-state index contributed by atoms with van der Waals surface area (Å²) in [5, 5.41) is 6.33. The van der Waals surface area contributed by atoms with Crippen molar-refractivity contribution in [1.29, 1.82) is 0 Å². The molecule has 0 saturated carbocycles. The van der Waals surface area contributed by atoms with E-state index in [1.165, 1.54) is 0 Å². The highest BCUT2D eigenvalue weighted by Crippen LogP contribution is 2.36. The zero-order valence-corrected chi connectivity index (χ0v) is 14.3. The highest BCUT2D eigenvalue weighted by molar-refractivity contribution is 6.31. The summed E-state index contributed by atoms with van der Waals surface area (Å²) in [6.07, 6.45) is 0. The normalized spacial score (nSPS) is 16.1. The van der Waals surface area contributed by atoms with Crippen LogP contribution in [-0.2, 0) is 9.53 Å². The van der Waals surface area contributed by atoms with Gasteiger partial charge >= 0.3 is 0 Å². The lowest BCUT2D eigenvalue weighted by Crippen LogP contribution is -2.30. The van der Waals surface area contributed by atoms with Crippen LogP contribution in [0.1, 0.15) is 0 Å². The van der Waals surface area contributed by atoms with Crippen LogP contribution in [0, 0.1) is 0 Å². The molecule has 0 atom stereocenters. The van der Waals surface area contributed by atoms with Crippen molar-refractivity contribution >= 4 is 23.2 Å². The van der Waals surface area contributed by atoms with Crippen LogP contribution in [0.3, 0.4) is 0 Å². The van der Waals surface area contributed by atoms with Crippen LogP contribution >= 0.6 is 11.6 Å². The van der Waals surface area contributed by atoms with Crippen molar-refractivity contribution < 1.29 is 19.0 Å². The Morgan fingerprint density at radius 3 is 2.68 bits per heavy atom. The van der Waals surface area contributed by atoms with Gasteiger partial charge in [-0.1, -0.05) is 23.7 Å². The Balaban J connectivity index is 1.90. The molecule has 25 heavy (non-hydrogen) atoms. The third kappa shape index (κ3) is 5.09. The van der Waals surface area contributed by atoms with Gasteiger partial charge in [0.05, 0.1) is 25.4 Å². The van der Waals surface area contributed by atoms with E-state index in [9.17, 15) is 4.79 Å². The summed E-state index contributed by atoms with van der Waals surface area (Å²) in [5.74, 6) is 1.45. The highest BCUT2D eigenvalue weighted by Gasteiger charge is 2.13. The second-order valence-electron chi connectivity index (χ2n) is 5.38. The fourth-order valence-corrected chi connectivity index (χ4v) is 2.49. The number of amides is 1. The van der Waals surface area contributed by atoms with Gasteiger partial charge in [-0.15, -0.1) is 0 Å². The van der Waals surface area contributed by atoms with E-state index >= 15 is 0 Å². The van der Waals surface area contributed by atoms with Crippen LogP contribution in [0.25, 0.3) is 0 Å². The number of benzene rings is 2. The van der Waals surface area contributed by atoms with Crippen molar-refractivity contribution in [3.05, 3.63) is 47.5 Å². The molecule has 2 aromatic carbocycles. The Morgan fingerprint density at radius 1 is 0.960 bits per heavy atom. The average Bonchev–Trinajstić information content (AvgIpc) is 2.60. The molecule has 0 aromatic heterocycles. The van der Waals surface area contributed by atoms with Crippen LogP contribution in [0.2, 0.25) is 5.02 Å². The largest absolute Gasteiger partial charge is 0.487 e. The molecule has 3 rings (SSSR count). The molecular formula is C18H19ClN2O4. The minimum atomic E-state index is -0.188. The van der Waals surface area contributed by atoms with Gasteiger partial charge in [-0.2, -0.15) is 0 Å². The first-order valence-corrected chi connectivity index (χ1v) is 8.38. The molecule has 0 unspecified atom stereocenters. The maximum Gasteiger partial charge on any atom is 0.238 e. The lowest BCUT2D eigenvalue weighted by Gasteiger charge is -2.15. The molecule has 1 aliphatic rings. The fraction of sp³-hybridized carbons (Fsp3) is 0.278. The number of ether oxygens (including phenoxy) is 3. The number of carbonyl (C=O) groups is 1. The third-order valence-corrected chi connectivity index (χ3v) is 3.71. The quantitative estimate of drug-likeness (QED) is 0.753. The summed E-state index contributed by atoms with van der Waals surface area (Å²) >= 11 is 6.06. The SMILES string of the molecule is O=C1CNCCOCCOc2ccccc2Oc2ccc(Cl)cc2N1. The van der Waals surface area contributed by atoms with E-state index in [4.69, 9.17) is 25.8 Å². The van der Waals surface area contributed by atoms with E-state index < -0.39 is 0 Å². The molecule has 0 fully saturated rings. The summed E-state index contributed by atoms with van der Waals surface area (Å²) in [5.41, 5.74) is 0.500. The number of carbonyl (C=O) groups excluding carboxylic acids is 1. The lowest BCUT2D eigenvalue weighted by atomic mass is 10.2. The van der Waals surface area contributed by atoms with Crippen LogP contribution in [0.15, 0.2) is 42.5 Å². The fourth-order valence-electron chi connectivity index (χ4n) is 2.31. The van der Waals surface area contributed by atoms with E-state index in [1.54, 1.807) is 24.3 Å². The molecule has 2 N–H and O–H groups in total. The molecule has 132 valence electrons. The summed E-state index contributed by atoms with van der Waals surface area (Å²) < 4.78 is 17.2. The summed E-state index contributed by atoms with van der Waals surface area (Å²) in [6.45, 7) is 2.10. The number of rotatable bonds is 0. The first kappa shape index (κ1) is 17.5. The van der Waals surface area contributed by atoms with Crippen molar-refractivity contribution in [1.82, 2.24) is 5.32 Å². The van der Waals surface area contributed by atoms with Gasteiger partial charge in [-0.3, -0.25) is 4.79 Å². The molecule has 0 spiro atoms. The minimum absolute atomic E-state index is 0.169. The number of hydrogen-bond donors (Lipinski definition) is 2. The molecule has 7 heteroatoms. The van der Waals surface area contributed by atoms with Gasteiger partial charge in [-0.05, 0) is 30.3 Å². The van der Waals surface area contributed by atoms with Crippen molar-refractivity contribution in [3.8, 4) is 17.2 Å². The zero-order valence-electron chi connectivity index (χ0n) is 13.6. The molecular weight excluding hydrogens is 344 g/mol. The van der Waals surface area contributed by atoms with Crippen LogP contribution in [0.5, 0.6) is 17.2 Å².